The number of amides is 1. The second-order valence-electron chi connectivity index (χ2n) is 6.20. The van der Waals surface area contributed by atoms with Crippen LogP contribution in [0.1, 0.15) is 37.0 Å². The first-order chi connectivity index (χ1) is 9.45. The molecule has 0 spiro atoms. The number of nitrogens with zero attached hydrogens (tertiary/aromatic N) is 1. The van der Waals surface area contributed by atoms with Crippen molar-refractivity contribution in [2.45, 2.75) is 52.6 Å². The number of carbonyl (C=O) groups excluding carboxylic acids is 1. The minimum absolute atomic E-state index is 0.283. The maximum atomic E-state index is 12.3. The highest BCUT2D eigenvalue weighted by molar-refractivity contribution is 5.76. The summed E-state index contributed by atoms with van der Waals surface area (Å²) in [7, 11) is 0. The van der Waals surface area contributed by atoms with E-state index in [9.17, 15) is 4.79 Å². The fraction of sp³-hybridized carbons (Fsp3) is 0.588. The van der Waals surface area contributed by atoms with E-state index in [0.717, 1.165) is 19.5 Å². The summed E-state index contributed by atoms with van der Waals surface area (Å²) in [5, 5.41) is 3.46. The molecule has 0 saturated carbocycles. The Morgan fingerprint density at radius 3 is 2.50 bits per heavy atom. The smallest absolute Gasteiger partial charge is 0.223 e. The maximum absolute atomic E-state index is 12.3. The molecule has 1 aliphatic rings. The summed E-state index contributed by atoms with van der Waals surface area (Å²) >= 11 is 0. The van der Waals surface area contributed by atoms with Gasteiger partial charge in [0.1, 0.15) is 0 Å². The molecule has 1 aliphatic heterocycles. The normalized spacial score (nSPS) is 22.9. The zero-order valence-corrected chi connectivity index (χ0v) is 13.1. The Bertz CT molecular complexity index is 474. The van der Waals surface area contributed by atoms with Crippen molar-refractivity contribution in [2.24, 2.45) is 0 Å². The molecule has 0 aliphatic carbocycles. The number of hydrogen-bond donors (Lipinski definition) is 1. The van der Waals surface area contributed by atoms with Crippen LogP contribution >= 0.6 is 0 Å². The Balaban J connectivity index is 1.91. The van der Waals surface area contributed by atoms with E-state index in [1.165, 1.54) is 16.7 Å². The zero-order chi connectivity index (χ0) is 14.7. The van der Waals surface area contributed by atoms with Gasteiger partial charge in [0, 0.05) is 31.6 Å². The van der Waals surface area contributed by atoms with Crippen molar-refractivity contribution in [2.75, 3.05) is 13.1 Å². The van der Waals surface area contributed by atoms with Gasteiger partial charge in [-0.15, -0.1) is 0 Å². The van der Waals surface area contributed by atoms with Crippen molar-refractivity contribution in [3.8, 4) is 0 Å². The van der Waals surface area contributed by atoms with Gasteiger partial charge in [-0.2, -0.15) is 0 Å². The van der Waals surface area contributed by atoms with E-state index >= 15 is 0 Å². The Kier molecular flexibility index (Phi) is 4.81. The molecule has 1 saturated heterocycles. The molecule has 1 aromatic carbocycles. The summed E-state index contributed by atoms with van der Waals surface area (Å²) < 4.78 is 0. The van der Waals surface area contributed by atoms with Gasteiger partial charge in [0.05, 0.1) is 0 Å². The van der Waals surface area contributed by atoms with E-state index in [4.69, 9.17) is 0 Å². The summed E-state index contributed by atoms with van der Waals surface area (Å²) in [6, 6.07) is 7.25. The first-order valence-corrected chi connectivity index (χ1v) is 7.55. The van der Waals surface area contributed by atoms with Crippen molar-refractivity contribution >= 4 is 5.91 Å². The van der Waals surface area contributed by atoms with Gasteiger partial charge in [-0.05, 0) is 45.2 Å². The lowest BCUT2D eigenvalue weighted by Gasteiger charge is -2.36. The average Bonchev–Trinajstić information content (AvgIpc) is 2.36. The van der Waals surface area contributed by atoms with Crippen LogP contribution in [0.2, 0.25) is 0 Å². The van der Waals surface area contributed by atoms with Crippen molar-refractivity contribution < 1.29 is 4.79 Å². The molecular weight excluding hydrogens is 248 g/mol. The summed E-state index contributed by atoms with van der Waals surface area (Å²) in [6.45, 7) is 10.2. The number of carbonyl (C=O) groups is 1. The fourth-order valence-electron chi connectivity index (χ4n) is 3.06. The van der Waals surface area contributed by atoms with E-state index in [1.807, 2.05) is 4.90 Å². The second-order valence-corrected chi connectivity index (χ2v) is 6.20. The lowest BCUT2D eigenvalue weighted by atomic mass is 10.0. The van der Waals surface area contributed by atoms with E-state index in [-0.39, 0.29) is 5.91 Å². The largest absolute Gasteiger partial charge is 0.340 e. The second kappa shape index (κ2) is 6.40. The summed E-state index contributed by atoms with van der Waals surface area (Å²) in [4.78, 5) is 14.3. The number of piperazine rings is 1. The summed E-state index contributed by atoms with van der Waals surface area (Å²) in [5.74, 6) is 0.283. The van der Waals surface area contributed by atoms with E-state index in [1.54, 1.807) is 0 Å². The number of benzene rings is 1. The molecule has 2 rings (SSSR count). The molecule has 0 unspecified atom stereocenters. The van der Waals surface area contributed by atoms with Gasteiger partial charge in [-0.25, -0.2) is 0 Å². The monoisotopic (exact) mass is 274 g/mol. The molecule has 0 aromatic heterocycles. The first kappa shape index (κ1) is 15.0. The van der Waals surface area contributed by atoms with Crippen LogP contribution < -0.4 is 5.32 Å². The average molecular weight is 274 g/mol. The van der Waals surface area contributed by atoms with Gasteiger partial charge < -0.3 is 10.2 Å². The number of hydrogen-bond acceptors (Lipinski definition) is 2. The van der Waals surface area contributed by atoms with E-state index in [2.05, 4.69) is 51.2 Å². The lowest BCUT2D eigenvalue weighted by Crippen LogP contribution is -2.55. The Morgan fingerprint density at radius 2 is 1.90 bits per heavy atom. The molecule has 1 amide bonds. The van der Waals surface area contributed by atoms with E-state index < -0.39 is 0 Å². The molecule has 0 bridgehead atoms. The lowest BCUT2D eigenvalue weighted by molar-refractivity contribution is -0.132. The van der Waals surface area contributed by atoms with Crippen molar-refractivity contribution in [3.63, 3.8) is 0 Å². The van der Waals surface area contributed by atoms with Gasteiger partial charge in [0.15, 0.2) is 0 Å². The molecule has 110 valence electrons. The number of aryl methyl sites for hydroxylation is 3. The fourth-order valence-corrected chi connectivity index (χ4v) is 3.06. The summed E-state index contributed by atoms with van der Waals surface area (Å²) in [5.41, 5.74) is 3.86. The highest BCUT2D eigenvalue weighted by Gasteiger charge is 2.24. The maximum Gasteiger partial charge on any atom is 0.223 e. The van der Waals surface area contributed by atoms with Gasteiger partial charge in [-0.3, -0.25) is 4.79 Å². The third kappa shape index (κ3) is 3.83. The number of rotatable bonds is 3. The van der Waals surface area contributed by atoms with Gasteiger partial charge in [-0.1, -0.05) is 23.8 Å². The Hall–Kier alpha value is -1.35. The van der Waals surface area contributed by atoms with Crippen LogP contribution in [0, 0.1) is 13.8 Å². The van der Waals surface area contributed by atoms with E-state index in [0.29, 0.717) is 18.5 Å². The van der Waals surface area contributed by atoms with Crippen molar-refractivity contribution in [1.29, 1.82) is 0 Å². The van der Waals surface area contributed by atoms with Gasteiger partial charge in [0.2, 0.25) is 5.91 Å². The predicted molar refractivity (Wildman–Crippen MR) is 82.9 cm³/mol. The molecule has 3 nitrogen and oxygen atoms in total. The Morgan fingerprint density at radius 1 is 1.25 bits per heavy atom. The molecule has 1 heterocycles. The molecule has 1 fully saturated rings. The van der Waals surface area contributed by atoms with Crippen LogP contribution in [0.25, 0.3) is 0 Å². The molecule has 1 N–H and O–H groups in total. The van der Waals surface area contributed by atoms with Gasteiger partial charge in [0.25, 0.3) is 0 Å². The SMILES string of the molecule is Cc1ccc(CCC(=O)N2C[C@@H](C)N[C@H](C)C2)c(C)c1. The molecule has 20 heavy (non-hydrogen) atoms. The van der Waals surface area contributed by atoms with Gasteiger partial charge >= 0.3 is 0 Å². The molecule has 0 radical (unpaired) electrons. The minimum Gasteiger partial charge on any atom is -0.340 e. The van der Waals surface area contributed by atoms with Crippen LogP contribution in [0.15, 0.2) is 18.2 Å². The quantitative estimate of drug-likeness (QED) is 0.918. The molecule has 3 heteroatoms. The van der Waals surface area contributed by atoms with Crippen molar-refractivity contribution in [3.05, 3.63) is 34.9 Å². The number of nitrogens with one attached hydrogen (secondary N) is 1. The van der Waals surface area contributed by atoms with Crippen LogP contribution in [0.4, 0.5) is 0 Å². The zero-order valence-electron chi connectivity index (χ0n) is 13.1. The third-order valence-corrected chi connectivity index (χ3v) is 4.02. The topological polar surface area (TPSA) is 32.3 Å². The van der Waals surface area contributed by atoms with Crippen molar-refractivity contribution in [1.82, 2.24) is 10.2 Å². The van der Waals surface area contributed by atoms with Crippen LogP contribution in [0.5, 0.6) is 0 Å². The molecule has 1 aromatic rings. The van der Waals surface area contributed by atoms with Crippen LogP contribution in [-0.2, 0) is 11.2 Å². The summed E-state index contributed by atoms with van der Waals surface area (Å²) in [6.07, 6.45) is 1.46. The first-order valence-electron chi connectivity index (χ1n) is 7.55. The highest BCUT2D eigenvalue weighted by atomic mass is 16.2. The third-order valence-electron chi connectivity index (χ3n) is 4.02. The van der Waals surface area contributed by atoms with Crippen LogP contribution in [0.3, 0.4) is 0 Å². The molecular formula is C17H26N2O. The highest BCUT2D eigenvalue weighted by Crippen LogP contribution is 2.14. The minimum atomic E-state index is 0.283. The van der Waals surface area contributed by atoms with Crippen LogP contribution in [-0.4, -0.2) is 36.0 Å². The standard InChI is InChI=1S/C17H26N2O/c1-12-5-6-16(13(2)9-12)7-8-17(20)19-10-14(3)18-15(4)11-19/h5-6,9,14-15,18H,7-8,10-11H2,1-4H3/t14-,15-/m1/s1. The predicted octanol–water partition coefficient (Wildman–Crippen LogP) is 2.44. The Labute approximate surface area is 122 Å². The molecule has 2 atom stereocenters.